The van der Waals surface area contributed by atoms with Gasteiger partial charge < -0.3 is 5.11 Å². The van der Waals surface area contributed by atoms with Gasteiger partial charge in [-0.05, 0) is 6.42 Å². The van der Waals surface area contributed by atoms with E-state index >= 15 is 0 Å². The Hall–Kier alpha value is -0.550. The summed E-state index contributed by atoms with van der Waals surface area (Å²) in [7, 11) is 0. The number of nitrogens with zero attached hydrogens (tertiary/aromatic N) is 1. The minimum atomic E-state index is -0.102. The molecule has 1 radical (unpaired) electrons. The average Bonchev–Trinajstić information content (AvgIpc) is 1.65. The highest BCUT2D eigenvalue weighted by molar-refractivity contribution is 4.98. The van der Waals surface area contributed by atoms with Crippen LogP contribution in [-0.4, -0.2) is 5.11 Å². The maximum atomic E-state index is 8.22. The molecule has 6 heavy (non-hydrogen) atoms. The monoisotopic (exact) mass is 84.0 g/mol. The van der Waals surface area contributed by atoms with Crippen LogP contribution in [0.3, 0.4) is 0 Å². The third-order valence-electron chi connectivity index (χ3n) is 0.464. The number of hydrogen-bond donors (Lipinski definition) is 1. The molecule has 0 unspecified atom stereocenters. The molecule has 0 fully saturated rings. The molecule has 0 spiro atoms. The second-order valence-corrected chi connectivity index (χ2v) is 0.912. The molecule has 0 aliphatic rings. The molecule has 2 heteroatoms. The molecule has 0 amide bonds. The van der Waals surface area contributed by atoms with E-state index in [1.165, 1.54) is 0 Å². The van der Waals surface area contributed by atoms with Crippen molar-refractivity contribution in [3.8, 4) is 6.07 Å². The lowest BCUT2D eigenvalue weighted by Crippen LogP contribution is -1.84. The van der Waals surface area contributed by atoms with Gasteiger partial charge in [0.2, 0.25) is 0 Å². The van der Waals surface area contributed by atoms with Crippen molar-refractivity contribution >= 4 is 0 Å². The van der Waals surface area contributed by atoms with Gasteiger partial charge >= 0.3 is 0 Å². The van der Waals surface area contributed by atoms with Crippen molar-refractivity contribution in [1.29, 1.82) is 5.26 Å². The van der Waals surface area contributed by atoms with E-state index in [2.05, 4.69) is 0 Å². The number of nitriles is 1. The molecule has 0 rings (SSSR count). The van der Waals surface area contributed by atoms with Crippen LogP contribution in [0, 0.1) is 17.4 Å². The summed E-state index contributed by atoms with van der Waals surface area (Å²) < 4.78 is 0. The highest BCUT2D eigenvalue weighted by atomic mass is 16.3. The van der Waals surface area contributed by atoms with Crippen molar-refractivity contribution < 1.29 is 5.11 Å². The number of hydrogen-bond acceptors (Lipinski definition) is 2. The Bertz CT molecular complexity index is 64.4. The van der Waals surface area contributed by atoms with Crippen molar-refractivity contribution in [3.63, 3.8) is 0 Å². The summed E-state index contributed by atoms with van der Waals surface area (Å²) >= 11 is 0. The largest absolute Gasteiger partial charge is 0.372 e. The summed E-state index contributed by atoms with van der Waals surface area (Å²) in [6, 6.07) is 1.59. The van der Waals surface area contributed by atoms with E-state index in [9.17, 15) is 0 Å². The lowest BCUT2D eigenvalue weighted by molar-refractivity contribution is 0.331. The Labute approximate surface area is 37.0 Å². The van der Waals surface area contributed by atoms with Crippen LogP contribution in [0.5, 0.6) is 0 Å². The van der Waals surface area contributed by atoms with Gasteiger partial charge in [0.05, 0.1) is 0 Å². The van der Waals surface area contributed by atoms with Crippen LogP contribution >= 0.6 is 0 Å². The lowest BCUT2D eigenvalue weighted by atomic mass is 10.3. The lowest BCUT2D eigenvalue weighted by Gasteiger charge is -1.84. The zero-order chi connectivity index (χ0) is 4.99. The number of rotatable bonds is 1. The SMILES string of the molecule is CC[C](O)C#N. The quantitative estimate of drug-likeness (QED) is 0.478. The summed E-state index contributed by atoms with van der Waals surface area (Å²) in [4.78, 5) is 0. The highest BCUT2D eigenvalue weighted by Crippen LogP contribution is 1.93. The van der Waals surface area contributed by atoms with Crippen LogP contribution in [0.15, 0.2) is 0 Å². The second kappa shape index (κ2) is 2.67. The maximum absolute atomic E-state index is 8.22. The molecular formula is C4H6NO. The summed E-state index contributed by atoms with van der Waals surface area (Å²) in [5.41, 5.74) is 0. The van der Waals surface area contributed by atoms with E-state index in [4.69, 9.17) is 10.4 Å². The first-order chi connectivity index (χ1) is 2.81. The van der Waals surface area contributed by atoms with Crippen molar-refractivity contribution in [2.75, 3.05) is 0 Å². The Morgan fingerprint density at radius 2 is 2.50 bits per heavy atom. The third kappa shape index (κ3) is 1.74. The molecule has 0 saturated heterocycles. The van der Waals surface area contributed by atoms with E-state index in [0.717, 1.165) is 0 Å². The molecule has 0 aliphatic carbocycles. The van der Waals surface area contributed by atoms with Gasteiger partial charge in [-0.1, -0.05) is 6.92 Å². The third-order valence-corrected chi connectivity index (χ3v) is 0.464. The van der Waals surface area contributed by atoms with Gasteiger partial charge in [0, 0.05) is 0 Å². The van der Waals surface area contributed by atoms with E-state index < -0.39 is 0 Å². The van der Waals surface area contributed by atoms with E-state index in [1.54, 1.807) is 13.0 Å². The van der Waals surface area contributed by atoms with Crippen molar-refractivity contribution in [3.05, 3.63) is 6.10 Å². The fraction of sp³-hybridized carbons (Fsp3) is 0.500. The van der Waals surface area contributed by atoms with E-state index in [-0.39, 0.29) is 6.10 Å². The Balaban J connectivity index is 3.04. The Morgan fingerprint density at radius 3 is 2.50 bits per heavy atom. The first kappa shape index (κ1) is 5.45. The van der Waals surface area contributed by atoms with Crippen LogP contribution in [0.1, 0.15) is 13.3 Å². The normalized spacial score (nSPS) is 8.33. The fourth-order valence-corrected chi connectivity index (χ4v) is 0.0791. The number of aliphatic hydroxyl groups excluding tert-OH is 1. The standard InChI is InChI=1S/C4H6NO/c1-2-4(6)3-5/h6H,2H2,1H3. The molecule has 0 atom stereocenters. The van der Waals surface area contributed by atoms with Crippen LogP contribution < -0.4 is 0 Å². The zero-order valence-electron chi connectivity index (χ0n) is 3.60. The zero-order valence-corrected chi connectivity index (χ0v) is 3.60. The smallest absolute Gasteiger partial charge is 0.193 e. The first-order valence-corrected chi connectivity index (χ1v) is 1.76. The van der Waals surface area contributed by atoms with Gasteiger partial charge in [-0.3, -0.25) is 0 Å². The van der Waals surface area contributed by atoms with Gasteiger partial charge in [0.25, 0.3) is 0 Å². The second-order valence-electron chi connectivity index (χ2n) is 0.912. The summed E-state index contributed by atoms with van der Waals surface area (Å²) in [6.45, 7) is 1.72. The van der Waals surface area contributed by atoms with Crippen LogP contribution in [0.4, 0.5) is 0 Å². The predicted molar refractivity (Wildman–Crippen MR) is 21.1 cm³/mol. The molecule has 0 bridgehead atoms. The molecular weight excluding hydrogens is 78.1 g/mol. The van der Waals surface area contributed by atoms with Crippen molar-refractivity contribution in [2.45, 2.75) is 13.3 Å². The van der Waals surface area contributed by atoms with Gasteiger partial charge in [0.15, 0.2) is 6.10 Å². The molecule has 1 N–H and O–H groups in total. The van der Waals surface area contributed by atoms with Gasteiger partial charge in [-0.2, -0.15) is 5.26 Å². The van der Waals surface area contributed by atoms with E-state index in [0.29, 0.717) is 6.42 Å². The molecule has 2 nitrogen and oxygen atoms in total. The summed E-state index contributed by atoms with van der Waals surface area (Å²) in [6.07, 6.45) is 0.339. The predicted octanol–water partition coefficient (Wildman–Crippen LogP) is 0.824. The highest BCUT2D eigenvalue weighted by Gasteiger charge is 1.93. The first-order valence-electron chi connectivity index (χ1n) is 1.76. The van der Waals surface area contributed by atoms with Gasteiger partial charge in [-0.25, -0.2) is 0 Å². The molecule has 33 valence electrons. The van der Waals surface area contributed by atoms with E-state index in [1.807, 2.05) is 0 Å². The summed E-state index contributed by atoms with van der Waals surface area (Å²) in [5.74, 6) is 0. The van der Waals surface area contributed by atoms with Crippen molar-refractivity contribution in [1.82, 2.24) is 0 Å². The average molecular weight is 84.1 g/mol. The minimum Gasteiger partial charge on any atom is -0.372 e. The molecule has 0 saturated carbocycles. The van der Waals surface area contributed by atoms with Crippen LogP contribution in [0.25, 0.3) is 0 Å². The maximum Gasteiger partial charge on any atom is 0.193 e. The minimum absolute atomic E-state index is 0.102. The van der Waals surface area contributed by atoms with Gasteiger partial charge in [0.1, 0.15) is 6.07 Å². The molecule has 0 aliphatic heterocycles. The fourth-order valence-electron chi connectivity index (χ4n) is 0.0791. The molecule has 0 aromatic carbocycles. The molecule has 0 heterocycles. The molecule has 0 aromatic rings. The molecule has 0 aromatic heterocycles. The Kier molecular flexibility index (Phi) is 2.43. The summed E-state index contributed by atoms with van der Waals surface area (Å²) in [5, 5.41) is 16.0. The van der Waals surface area contributed by atoms with Gasteiger partial charge in [-0.15, -0.1) is 0 Å². The van der Waals surface area contributed by atoms with Crippen LogP contribution in [0.2, 0.25) is 0 Å². The van der Waals surface area contributed by atoms with Crippen LogP contribution in [-0.2, 0) is 0 Å². The van der Waals surface area contributed by atoms with Crippen molar-refractivity contribution in [2.24, 2.45) is 0 Å². The topological polar surface area (TPSA) is 44.0 Å². The number of aliphatic hydroxyl groups is 1. The Morgan fingerprint density at radius 1 is 2.00 bits per heavy atom.